The summed E-state index contributed by atoms with van der Waals surface area (Å²) in [6.45, 7) is 1.90. The minimum atomic E-state index is -3.83. The molecule has 0 aliphatic heterocycles. The van der Waals surface area contributed by atoms with Gasteiger partial charge in [-0.05, 0) is 23.0 Å². The second-order valence-corrected chi connectivity index (χ2v) is 6.70. The number of carboxylic acid groups (broad SMARTS) is 1. The minimum Gasteiger partial charge on any atom is -0.475 e. The van der Waals surface area contributed by atoms with E-state index in [0.717, 1.165) is 6.07 Å². The summed E-state index contributed by atoms with van der Waals surface area (Å²) in [5.41, 5.74) is 0. The fraction of sp³-hybridized carbons (Fsp3) is 0.545. The van der Waals surface area contributed by atoms with Crippen molar-refractivity contribution in [2.24, 2.45) is 0 Å². The highest BCUT2D eigenvalue weighted by molar-refractivity contribution is 9.10. The summed E-state index contributed by atoms with van der Waals surface area (Å²) in [5, 5.41) is 8.77. The van der Waals surface area contributed by atoms with E-state index in [-0.39, 0.29) is 16.1 Å². The van der Waals surface area contributed by atoms with Crippen LogP contribution in [-0.2, 0) is 14.8 Å². The number of rotatable bonds is 9. The third kappa shape index (κ3) is 5.40. The van der Waals surface area contributed by atoms with Crippen molar-refractivity contribution in [1.82, 2.24) is 9.62 Å². The van der Waals surface area contributed by atoms with Crippen molar-refractivity contribution >= 4 is 31.9 Å². The first-order valence-electron chi connectivity index (χ1n) is 5.97. The number of carboxylic acids is 1. The Labute approximate surface area is 131 Å². The van der Waals surface area contributed by atoms with Gasteiger partial charge in [-0.25, -0.2) is 17.9 Å². The smallest absolute Gasteiger partial charge is 0.371 e. The van der Waals surface area contributed by atoms with E-state index in [1.54, 1.807) is 7.11 Å². The van der Waals surface area contributed by atoms with E-state index < -0.39 is 21.8 Å². The Morgan fingerprint density at radius 2 is 2.19 bits per heavy atom. The van der Waals surface area contributed by atoms with Crippen LogP contribution in [0, 0.1) is 0 Å². The van der Waals surface area contributed by atoms with Gasteiger partial charge in [-0.15, -0.1) is 0 Å². The number of halogens is 1. The number of hydrogen-bond acceptors (Lipinski definition) is 6. The van der Waals surface area contributed by atoms with Crippen LogP contribution >= 0.6 is 15.9 Å². The van der Waals surface area contributed by atoms with Crippen LogP contribution in [-0.4, -0.2) is 64.8 Å². The van der Waals surface area contributed by atoms with Crippen LogP contribution in [0.5, 0.6) is 0 Å². The molecular weight excluding hydrogens is 368 g/mol. The summed E-state index contributed by atoms with van der Waals surface area (Å²) in [4.78, 5) is 12.4. The van der Waals surface area contributed by atoms with Crippen molar-refractivity contribution in [2.45, 2.75) is 4.90 Å². The zero-order valence-electron chi connectivity index (χ0n) is 11.6. The van der Waals surface area contributed by atoms with Gasteiger partial charge in [0.1, 0.15) is 4.90 Å². The highest BCUT2D eigenvalue weighted by Crippen LogP contribution is 2.25. The minimum absolute atomic E-state index is 0.139. The third-order valence-electron chi connectivity index (χ3n) is 2.62. The van der Waals surface area contributed by atoms with Crippen molar-refractivity contribution in [3.05, 3.63) is 16.5 Å². The van der Waals surface area contributed by atoms with Crippen LogP contribution in [0.1, 0.15) is 10.6 Å². The molecule has 1 aromatic heterocycles. The van der Waals surface area contributed by atoms with Gasteiger partial charge in [0, 0.05) is 32.8 Å². The maximum absolute atomic E-state index is 12.0. The van der Waals surface area contributed by atoms with Crippen molar-refractivity contribution in [2.75, 3.05) is 40.4 Å². The number of aromatic carboxylic acids is 1. The number of ether oxygens (including phenoxy) is 1. The van der Waals surface area contributed by atoms with Gasteiger partial charge in [0.05, 0.1) is 6.61 Å². The van der Waals surface area contributed by atoms with E-state index in [0.29, 0.717) is 19.7 Å². The Kier molecular flexibility index (Phi) is 6.81. The highest BCUT2D eigenvalue weighted by atomic mass is 79.9. The molecule has 1 aromatic rings. The summed E-state index contributed by atoms with van der Waals surface area (Å²) < 4.78 is 36.1. The second kappa shape index (κ2) is 7.90. The van der Waals surface area contributed by atoms with Crippen LogP contribution in [0.15, 0.2) is 20.0 Å². The average molecular weight is 385 g/mol. The summed E-state index contributed by atoms with van der Waals surface area (Å²) in [7, 11) is -0.404. The van der Waals surface area contributed by atoms with Crippen molar-refractivity contribution in [1.29, 1.82) is 0 Å². The predicted molar refractivity (Wildman–Crippen MR) is 77.9 cm³/mol. The molecule has 0 amide bonds. The lowest BCUT2D eigenvalue weighted by Crippen LogP contribution is -2.34. The Hall–Kier alpha value is -0.940. The maximum atomic E-state index is 12.0. The molecule has 0 fully saturated rings. The molecule has 0 aliphatic carbocycles. The molecule has 0 aromatic carbocycles. The van der Waals surface area contributed by atoms with Crippen molar-refractivity contribution in [3.8, 4) is 0 Å². The molecule has 0 radical (unpaired) electrons. The third-order valence-corrected chi connectivity index (χ3v) is 4.94. The van der Waals surface area contributed by atoms with E-state index in [9.17, 15) is 13.2 Å². The number of nitrogens with one attached hydrogen (secondary N) is 1. The number of hydrogen-bond donors (Lipinski definition) is 2. The summed E-state index contributed by atoms with van der Waals surface area (Å²) >= 11 is 2.90. The summed E-state index contributed by atoms with van der Waals surface area (Å²) in [6.07, 6.45) is 0. The van der Waals surface area contributed by atoms with Crippen molar-refractivity contribution in [3.63, 3.8) is 0 Å². The zero-order chi connectivity index (χ0) is 16.0. The van der Waals surface area contributed by atoms with Gasteiger partial charge in [-0.1, -0.05) is 0 Å². The maximum Gasteiger partial charge on any atom is 0.371 e. The predicted octanol–water partition coefficient (Wildman–Crippen LogP) is 0.597. The van der Waals surface area contributed by atoms with Crippen molar-refractivity contribution < 1.29 is 27.5 Å². The molecule has 0 unspecified atom stereocenters. The Morgan fingerprint density at radius 3 is 2.71 bits per heavy atom. The van der Waals surface area contributed by atoms with E-state index in [4.69, 9.17) is 14.3 Å². The Bertz CT molecular complexity index is 586. The van der Waals surface area contributed by atoms with Crippen LogP contribution in [0.3, 0.4) is 0 Å². The Morgan fingerprint density at radius 1 is 1.52 bits per heavy atom. The van der Waals surface area contributed by atoms with Gasteiger partial charge in [0.25, 0.3) is 0 Å². The van der Waals surface area contributed by atoms with Gasteiger partial charge in [-0.3, -0.25) is 0 Å². The molecule has 0 saturated carbocycles. The van der Waals surface area contributed by atoms with Crippen LogP contribution in [0.2, 0.25) is 0 Å². The zero-order valence-corrected chi connectivity index (χ0v) is 14.0. The normalized spacial score (nSPS) is 12.0. The molecule has 21 heavy (non-hydrogen) atoms. The molecule has 0 aliphatic rings. The van der Waals surface area contributed by atoms with E-state index in [2.05, 4.69) is 20.7 Å². The largest absolute Gasteiger partial charge is 0.475 e. The van der Waals surface area contributed by atoms with E-state index >= 15 is 0 Å². The molecule has 0 atom stereocenters. The molecule has 0 bridgehead atoms. The summed E-state index contributed by atoms with van der Waals surface area (Å²) in [6, 6.07) is 0.962. The standard InChI is InChI=1S/C11H17BrN2O6S/c1-14(5-6-19-2)4-3-13-21(17,18)9-7-8(11(15)16)20-10(9)12/h7,13H,3-6H2,1-2H3,(H,15,16). The fourth-order valence-corrected chi connectivity index (χ4v) is 3.41. The number of likely N-dealkylation sites (N-methyl/N-ethyl adjacent to an activating group) is 1. The molecule has 0 saturated heterocycles. The summed E-state index contributed by atoms with van der Waals surface area (Å²) in [5.74, 6) is -1.78. The SMILES string of the molecule is COCCN(C)CCNS(=O)(=O)c1cc(C(=O)O)oc1Br. The lowest BCUT2D eigenvalue weighted by atomic mass is 10.5. The average Bonchev–Trinajstić information content (AvgIpc) is 2.79. The first-order valence-corrected chi connectivity index (χ1v) is 8.25. The lowest BCUT2D eigenvalue weighted by molar-refractivity contribution is 0.0661. The molecule has 8 nitrogen and oxygen atoms in total. The number of furan rings is 1. The second-order valence-electron chi connectivity index (χ2n) is 4.25. The lowest BCUT2D eigenvalue weighted by Gasteiger charge is -2.15. The number of carbonyl (C=O) groups is 1. The van der Waals surface area contributed by atoms with Crippen LogP contribution < -0.4 is 4.72 Å². The highest BCUT2D eigenvalue weighted by Gasteiger charge is 2.24. The van der Waals surface area contributed by atoms with Gasteiger partial charge >= 0.3 is 5.97 Å². The molecule has 1 heterocycles. The number of nitrogens with zero attached hydrogens (tertiary/aromatic N) is 1. The molecule has 0 spiro atoms. The molecule has 1 rings (SSSR count). The van der Waals surface area contributed by atoms with Crippen LogP contribution in [0.4, 0.5) is 0 Å². The first kappa shape index (κ1) is 18.1. The first-order chi connectivity index (χ1) is 9.77. The van der Waals surface area contributed by atoms with E-state index in [1.165, 1.54) is 0 Å². The molecule has 120 valence electrons. The molecule has 2 N–H and O–H groups in total. The van der Waals surface area contributed by atoms with Gasteiger partial charge in [0.15, 0.2) is 4.67 Å². The molecule has 10 heteroatoms. The van der Waals surface area contributed by atoms with E-state index in [1.807, 2.05) is 11.9 Å². The Balaban J connectivity index is 2.63. The van der Waals surface area contributed by atoms with Gasteiger partial charge in [0.2, 0.25) is 15.8 Å². The van der Waals surface area contributed by atoms with Gasteiger partial charge < -0.3 is 19.2 Å². The number of sulfonamides is 1. The van der Waals surface area contributed by atoms with Crippen LogP contribution in [0.25, 0.3) is 0 Å². The topological polar surface area (TPSA) is 109 Å². The quantitative estimate of drug-likeness (QED) is 0.641. The van der Waals surface area contributed by atoms with Gasteiger partial charge in [-0.2, -0.15) is 0 Å². The fourth-order valence-electron chi connectivity index (χ4n) is 1.45. The molecular formula is C11H17BrN2O6S. The number of methoxy groups -OCH3 is 1. The monoisotopic (exact) mass is 384 g/mol.